The van der Waals surface area contributed by atoms with E-state index in [4.69, 9.17) is 16.3 Å². The monoisotopic (exact) mass is 315 g/mol. The van der Waals surface area contributed by atoms with Crippen molar-refractivity contribution in [1.82, 2.24) is 10.2 Å². The van der Waals surface area contributed by atoms with E-state index in [1.807, 2.05) is 11.9 Å². The highest BCUT2D eigenvalue weighted by atomic mass is 35.5. The molecule has 116 valence electrons. The van der Waals surface area contributed by atoms with Crippen LogP contribution in [-0.4, -0.2) is 56.7 Å². The molecule has 1 saturated heterocycles. The minimum absolute atomic E-state index is 0.00624. The van der Waals surface area contributed by atoms with Gasteiger partial charge < -0.3 is 15.4 Å². The van der Waals surface area contributed by atoms with Crippen molar-refractivity contribution < 1.29 is 13.9 Å². The Balaban J connectivity index is 1.84. The highest BCUT2D eigenvalue weighted by Crippen LogP contribution is 2.19. The first kappa shape index (κ1) is 16.2. The number of carbonyl (C=O) groups excluding carboxylic acids is 1. The summed E-state index contributed by atoms with van der Waals surface area (Å²) in [6.45, 7) is 3.07. The van der Waals surface area contributed by atoms with E-state index in [1.54, 1.807) is 0 Å². The van der Waals surface area contributed by atoms with Gasteiger partial charge in [0, 0.05) is 25.3 Å². The van der Waals surface area contributed by atoms with Crippen molar-refractivity contribution in [3.63, 3.8) is 0 Å². The van der Waals surface area contributed by atoms with Crippen molar-refractivity contribution in [1.29, 1.82) is 0 Å². The number of amides is 1. The third kappa shape index (κ3) is 4.93. The molecule has 0 aliphatic carbocycles. The van der Waals surface area contributed by atoms with Crippen LogP contribution in [0.1, 0.15) is 0 Å². The van der Waals surface area contributed by atoms with Gasteiger partial charge in [-0.15, -0.1) is 0 Å². The largest absolute Gasteiger partial charge is 0.374 e. The Morgan fingerprint density at radius 3 is 3.10 bits per heavy atom. The van der Waals surface area contributed by atoms with E-state index in [9.17, 15) is 9.18 Å². The average Bonchev–Trinajstić information content (AvgIpc) is 2.43. The van der Waals surface area contributed by atoms with E-state index < -0.39 is 5.82 Å². The zero-order valence-electron chi connectivity index (χ0n) is 11.9. The number of rotatable bonds is 5. The Kier molecular flexibility index (Phi) is 5.93. The van der Waals surface area contributed by atoms with Gasteiger partial charge in [0.1, 0.15) is 5.82 Å². The zero-order valence-corrected chi connectivity index (χ0v) is 12.6. The van der Waals surface area contributed by atoms with Crippen LogP contribution in [0.2, 0.25) is 5.02 Å². The number of halogens is 2. The van der Waals surface area contributed by atoms with Crippen LogP contribution in [0, 0.1) is 5.82 Å². The topological polar surface area (TPSA) is 53.6 Å². The van der Waals surface area contributed by atoms with Gasteiger partial charge in [-0.05, 0) is 25.2 Å². The van der Waals surface area contributed by atoms with Crippen molar-refractivity contribution in [2.24, 2.45) is 0 Å². The number of nitrogens with zero attached hydrogens (tertiary/aromatic N) is 1. The molecule has 1 heterocycles. The molecule has 7 heteroatoms. The number of anilines is 1. The minimum atomic E-state index is -0.502. The fourth-order valence-corrected chi connectivity index (χ4v) is 2.43. The first-order valence-corrected chi connectivity index (χ1v) is 7.19. The lowest BCUT2D eigenvalue weighted by Gasteiger charge is -2.32. The summed E-state index contributed by atoms with van der Waals surface area (Å²) < 4.78 is 18.6. The highest BCUT2D eigenvalue weighted by molar-refractivity contribution is 6.31. The molecule has 0 saturated carbocycles. The zero-order chi connectivity index (χ0) is 15.2. The quantitative estimate of drug-likeness (QED) is 0.861. The van der Waals surface area contributed by atoms with Crippen LogP contribution in [0.4, 0.5) is 10.1 Å². The molecule has 1 unspecified atom stereocenters. The molecular formula is C14H19ClFN3O2. The number of likely N-dealkylation sites (N-methyl/N-ethyl adjacent to an activating group) is 1. The van der Waals surface area contributed by atoms with Crippen molar-refractivity contribution >= 4 is 23.2 Å². The minimum Gasteiger partial charge on any atom is -0.374 e. The standard InChI is InChI=1S/C14H19ClFN3O2/c1-17-7-11-8-19(4-5-21-11)9-14(20)18-10-2-3-13(16)12(15)6-10/h2-3,6,11,17H,4-5,7-9H2,1H3,(H,18,20). The maximum Gasteiger partial charge on any atom is 0.238 e. The number of ether oxygens (including phenoxy) is 1. The lowest BCUT2D eigenvalue weighted by atomic mass is 10.2. The average molecular weight is 316 g/mol. The first-order chi connectivity index (χ1) is 10.1. The third-order valence-corrected chi connectivity index (χ3v) is 3.51. The third-order valence-electron chi connectivity index (χ3n) is 3.23. The van der Waals surface area contributed by atoms with Crippen molar-refractivity contribution in [3.05, 3.63) is 29.0 Å². The van der Waals surface area contributed by atoms with Crippen LogP contribution < -0.4 is 10.6 Å². The Labute approximate surface area is 128 Å². The van der Waals surface area contributed by atoms with Crippen LogP contribution >= 0.6 is 11.6 Å². The fourth-order valence-electron chi connectivity index (χ4n) is 2.25. The lowest BCUT2D eigenvalue weighted by Crippen LogP contribution is -2.48. The summed E-state index contributed by atoms with van der Waals surface area (Å²) in [7, 11) is 1.87. The second kappa shape index (κ2) is 7.70. The van der Waals surface area contributed by atoms with Crippen LogP contribution in [0.25, 0.3) is 0 Å². The van der Waals surface area contributed by atoms with E-state index in [0.717, 1.165) is 13.1 Å². The Hall–Kier alpha value is -1.21. The summed E-state index contributed by atoms with van der Waals surface area (Å²) in [5, 5.41) is 5.77. The molecule has 1 amide bonds. The van der Waals surface area contributed by atoms with Gasteiger partial charge in [-0.25, -0.2) is 4.39 Å². The van der Waals surface area contributed by atoms with E-state index in [1.165, 1.54) is 18.2 Å². The molecule has 5 nitrogen and oxygen atoms in total. The number of morpholine rings is 1. The normalized spacial score (nSPS) is 19.5. The molecular weight excluding hydrogens is 297 g/mol. The van der Waals surface area contributed by atoms with Crippen LogP contribution in [0.5, 0.6) is 0 Å². The summed E-state index contributed by atoms with van der Waals surface area (Å²) in [5.41, 5.74) is 0.492. The van der Waals surface area contributed by atoms with Gasteiger partial charge in [-0.2, -0.15) is 0 Å². The molecule has 21 heavy (non-hydrogen) atoms. The Bertz CT molecular complexity index is 499. The lowest BCUT2D eigenvalue weighted by molar-refractivity contribution is -0.119. The SMILES string of the molecule is CNCC1CN(CC(=O)Nc2ccc(F)c(Cl)c2)CCO1. The van der Waals surface area contributed by atoms with Crippen molar-refractivity contribution in [2.75, 3.05) is 45.2 Å². The molecule has 1 aliphatic rings. The van der Waals surface area contributed by atoms with Gasteiger partial charge in [0.25, 0.3) is 0 Å². The van der Waals surface area contributed by atoms with Crippen molar-refractivity contribution in [3.8, 4) is 0 Å². The van der Waals surface area contributed by atoms with Crippen LogP contribution in [0.3, 0.4) is 0 Å². The molecule has 0 bridgehead atoms. The van der Waals surface area contributed by atoms with Gasteiger partial charge in [0.2, 0.25) is 5.91 Å². The molecule has 1 aliphatic heterocycles. The van der Waals surface area contributed by atoms with E-state index in [-0.39, 0.29) is 23.6 Å². The van der Waals surface area contributed by atoms with Gasteiger partial charge in [-0.3, -0.25) is 9.69 Å². The maximum absolute atomic E-state index is 13.1. The number of hydrogen-bond donors (Lipinski definition) is 2. The van der Waals surface area contributed by atoms with Crippen molar-refractivity contribution in [2.45, 2.75) is 6.10 Å². The summed E-state index contributed by atoms with van der Waals surface area (Å²) >= 11 is 5.68. The van der Waals surface area contributed by atoms with E-state index in [0.29, 0.717) is 18.8 Å². The molecule has 1 atom stereocenters. The van der Waals surface area contributed by atoms with Crippen LogP contribution in [0.15, 0.2) is 18.2 Å². The predicted molar refractivity (Wildman–Crippen MR) is 80.1 cm³/mol. The number of hydrogen-bond acceptors (Lipinski definition) is 4. The Morgan fingerprint density at radius 1 is 1.57 bits per heavy atom. The molecule has 0 radical (unpaired) electrons. The number of nitrogens with one attached hydrogen (secondary N) is 2. The van der Waals surface area contributed by atoms with Gasteiger partial charge in [0.15, 0.2) is 0 Å². The molecule has 1 aromatic carbocycles. The molecule has 1 fully saturated rings. The second-order valence-electron chi connectivity index (χ2n) is 4.96. The summed E-state index contributed by atoms with van der Waals surface area (Å²) in [6.07, 6.45) is 0.0943. The predicted octanol–water partition coefficient (Wildman–Crippen LogP) is 1.34. The van der Waals surface area contributed by atoms with Crippen LogP contribution in [-0.2, 0) is 9.53 Å². The second-order valence-corrected chi connectivity index (χ2v) is 5.37. The summed E-state index contributed by atoms with van der Waals surface area (Å²) in [5.74, 6) is -0.652. The number of benzene rings is 1. The van der Waals surface area contributed by atoms with E-state index in [2.05, 4.69) is 10.6 Å². The van der Waals surface area contributed by atoms with Gasteiger partial charge in [-0.1, -0.05) is 11.6 Å². The maximum atomic E-state index is 13.1. The fraction of sp³-hybridized carbons (Fsp3) is 0.500. The summed E-state index contributed by atoms with van der Waals surface area (Å²) in [4.78, 5) is 14.0. The number of carbonyl (C=O) groups is 1. The molecule has 0 spiro atoms. The first-order valence-electron chi connectivity index (χ1n) is 6.82. The Morgan fingerprint density at radius 2 is 2.38 bits per heavy atom. The molecule has 2 N–H and O–H groups in total. The molecule has 1 aromatic rings. The molecule has 2 rings (SSSR count). The smallest absolute Gasteiger partial charge is 0.238 e. The summed E-state index contributed by atoms with van der Waals surface area (Å²) in [6, 6.07) is 4.12. The van der Waals surface area contributed by atoms with E-state index >= 15 is 0 Å². The highest BCUT2D eigenvalue weighted by Gasteiger charge is 2.21. The molecule has 0 aromatic heterocycles. The van der Waals surface area contributed by atoms with Gasteiger partial charge >= 0.3 is 0 Å². The van der Waals surface area contributed by atoms with Gasteiger partial charge in [0.05, 0.1) is 24.3 Å².